The zero-order valence-electron chi connectivity index (χ0n) is 7.70. The number of rotatable bonds is 5. The summed E-state index contributed by atoms with van der Waals surface area (Å²) in [6.07, 6.45) is 3.35. The van der Waals surface area contributed by atoms with Gasteiger partial charge in [0.25, 0.3) is 10.0 Å². The maximum Gasteiger partial charge on any atom is 0.257 e. The highest BCUT2D eigenvalue weighted by Gasteiger charge is 2.19. The molecule has 0 aromatic carbocycles. The molecule has 5 nitrogen and oxygen atoms in total. The van der Waals surface area contributed by atoms with Gasteiger partial charge in [-0.15, -0.1) is 0 Å². The standard InChI is InChI=1S/C7H12BrN3O2S/c1-2-6(3-8)11-14(12,13)7-4-9-5-10-7/h4-6,11H,2-3H2,1H3,(H,9,10). The first-order chi connectivity index (χ1) is 6.60. The molecule has 0 saturated heterocycles. The number of aromatic amines is 1. The van der Waals surface area contributed by atoms with Crippen LogP contribution in [0, 0.1) is 0 Å². The lowest BCUT2D eigenvalue weighted by Crippen LogP contribution is -2.35. The molecule has 0 aliphatic carbocycles. The van der Waals surface area contributed by atoms with Crippen LogP contribution in [0.5, 0.6) is 0 Å². The Balaban J connectivity index is 2.77. The third-order valence-corrected chi connectivity index (χ3v) is 3.99. The number of sulfonamides is 1. The molecule has 0 aliphatic rings. The second-order valence-electron chi connectivity index (χ2n) is 2.80. The predicted octanol–water partition coefficient (Wildman–Crippen LogP) is 0.862. The number of alkyl halides is 1. The zero-order valence-corrected chi connectivity index (χ0v) is 10.1. The van der Waals surface area contributed by atoms with Crippen molar-refractivity contribution in [2.24, 2.45) is 0 Å². The van der Waals surface area contributed by atoms with Crippen LogP contribution in [0.15, 0.2) is 17.6 Å². The molecule has 1 heterocycles. The van der Waals surface area contributed by atoms with Gasteiger partial charge in [-0.1, -0.05) is 22.9 Å². The molecule has 0 saturated carbocycles. The molecular formula is C7H12BrN3O2S. The highest BCUT2D eigenvalue weighted by Crippen LogP contribution is 2.06. The Morgan fingerprint density at radius 3 is 2.86 bits per heavy atom. The van der Waals surface area contributed by atoms with E-state index in [1.54, 1.807) is 0 Å². The Morgan fingerprint density at radius 2 is 2.43 bits per heavy atom. The lowest BCUT2D eigenvalue weighted by molar-refractivity contribution is 0.556. The lowest BCUT2D eigenvalue weighted by Gasteiger charge is -2.12. The van der Waals surface area contributed by atoms with Gasteiger partial charge in [0.1, 0.15) is 0 Å². The fraction of sp³-hybridized carbons (Fsp3) is 0.571. The van der Waals surface area contributed by atoms with Crippen LogP contribution in [-0.2, 0) is 10.0 Å². The largest absolute Gasteiger partial charge is 0.335 e. The normalized spacial score (nSPS) is 14.1. The van der Waals surface area contributed by atoms with Crippen molar-refractivity contribution in [1.82, 2.24) is 14.7 Å². The second kappa shape index (κ2) is 4.90. The van der Waals surface area contributed by atoms with Crippen molar-refractivity contribution in [2.75, 3.05) is 5.33 Å². The van der Waals surface area contributed by atoms with Gasteiger partial charge in [-0.05, 0) is 6.42 Å². The number of halogens is 1. The average Bonchev–Trinajstić information content (AvgIpc) is 2.67. The maximum absolute atomic E-state index is 11.6. The van der Waals surface area contributed by atoms with E-state index in [4.69, 9.17) is 0 Å². The van der Waals surface area contributed by atoms with Crippen molar-refractivity contribution in [1.29, 1.82) is 0 Å². The number of nitrogens with zero attached hydrogens (tertiary/aromatic N) is 1. The Hall–Kier alpha value is -0.400. The van der Waals surface area contributed by atoms with Gasteiger partial charge in [-0.3, -0.25) is 0 Å². The fourth-order valence-corrected chi connectivity index (χ4v) is 2.95. The highest BCUT2D eigenvalue weighted by molar-refractivity contribution is 9.09. The topological polar surface area (TPSA) is 74.8 Å². The molecule has 2 N–H and O–H groups in total. The van der Waals surface area contributed by atoms with Gasteiger partial charge in [-0.2, -0.15) is 0 Å². The number of hydrogen-bond acceptors (Lipinski definition) is 3. The fourth-order valence-electron chi connectivity index (χ4n) is 0.897. The first-order valence-electron chi connectivity index (χ1n) is 4.16. The molecule has 7 heteroatoms. The molecular weight excluding hydrogens is 270 g/mol. The molecule has 80 valence electrons. The first-order valence-corrected chi connectivity index (χ1v) is 6.77. The van der Waals surface area contributed by atoms with E-state index in [2.05, 4.69) is 30.6 Å². The SMILES string of the molecule is CCC(CBr)NS(=O)(=O)c1cnc[nH]1. The average molecular weight is 282 g/mol. The van der Waals surface area contributed by atoms with Crippen LogP contribution in [0.3, 0.4) is 0 Å². The van der Waals surface area contributed by atoms with E-state index in [1.165, 1.54) is 12.5 Å². The van der Waals surface area contributed by atoms with Crippen LogP contribution in [0.4, 0.5) is 0 Å². The van der Waals surface area contributed by atoms with E-state index in [0.29, 0.717) is 5.33 Å². The first kappa shape index (κ1) is 11.7. The maximum atomic E-state index is 11.6. The van der Waals surface area contributed by atoms with E-state index in [0.717, 1.165) is 6.42 Å². The quantitative estimate of drug-likeness (QED) is 0.787. The minimum Gasteiger partial charge on any atom is -0.335 e. The summed E-state index contributed by atoms with van der Waals surface area (Å²) >= 11 is 3.24. The third-order valence-electron chi connectivity index (χ3n) is 1.76. The van der Waals surface area contributed by atoms with Crippen molar-refractivity contribution >= 4 is 26.0 Å². The Kier molecular flexibility index (Phi) is 4.09. The van der Waals surface area contributed by atoms with Gasteiger partial charge >= 0.3 is 0 Å². The zero-order chi connectivity index (χ0) is 10.6. The van der Waals surface area contributed by atoms with Crippen molar-refractivity contribution in [2.45, 2.75) is 24.4 Å². The third kappa shape index (κ3) is 2.79. The summed E-state index contributed by atoms with van der Waals surface area (Å²) in [6, 6.07) is -0.0942. The Morgan fingerprint density at radius 1 is 1.71 bits per heavy atom. The Bertz CT molecular complexity index is 358. The summed E-state index contributed by atoms with van der Waals surface area (Å²) < 4.78 is 25.8. The molecule has 1 unspecified atom stereocenters. The molecule has 0 radical (unpaired) electrons. The summed E-state index contributed by atoms with van der Waals surface area (Å²) in [6.45, 7) is 1.92. The van der Waals surface area contributed by atoms with Crippen LogP contribution in [0.2, 0.25) is 0 Å². The Labute approximate surface area is 91.5 Å². The van der Waals surface area contributed by atoms with Gasteiger partial charge in [0.15, 0.2) is 5.03 Å². The van der Waals surface area contributed by atoms with Crippen molar-refractivity contribution in [3.05, 3.63) is 12.5 Å². The molecule has 0 fully saturated rings. The molecule has 0 spiro atoms. The van der Waals surface area contributed by atoms with E-state index in [9.17, 15) is 8.42 Å². The van der Waals surface area contributed by atoms with Gasteiger partial charge in [0.05, 0.1) is 12.5 Å². The summed E-state index contributed by atoms with van der Waals surface area (Å²) in [5.41, 5.74) is 0. The van der Waals surface area contributed by atoms with Crippen LogP contribution >= 0.6 is 15.9 Å². The predicted molar refractivity (Wildman–Crippen MR) is 56.8 cm³/mol. The number of H-pyrrole nitrogens is 1. The van der Waals surface area contributed by atoms with E-state index in [1.807, 2.05) is 6.92 Å². The smallest absolute Gasteiger partial charge is 0.257 e. The number of nitrogens with one attached hydrogen (secondary N) is 2. The summed E-state index contributed by atoms with van der Waals surface area (Å²) in [4.78, 5) is 6.22. The molecule has 1 aromatic rings. The number of hydrogen-bond donors (Lipinski definition) is 2. The van der Waals surface area contributed by atoms with E-state index < -0.39 is 10.0 Å². The van der Waals surface area contributed by atoms with Crippen LogP contribution in [0.25, 0.3) is 0 Å². The van der Waals surface area contributed by atoms with Gasteiger partial charge in [0.2, 0.25) is 0 Å². The van der Waals surface area contributed by atoms with Crippen molar-refractivity contribution in [3.8, 4) is 0 Å². The monoisotopic (exact) mass is 281 g/mol. The molecule has 0 aliphatic heterocycles. The summed E-state index contributed by atoms with van der Waals surface area (Å²) in [5.74, 6) is 0. The second-order valence-corrected chi connectivity index (χ2v) is 5.13. The van der Waals surface area contributed by atoms with Crippen molar-refractivity contribution in [3.63, 3.8) is 0 Å². The molecule has 14 heavy (non-hydrogen) atoms. The van der Waals surface area contributed by atoms with Gasteiger partial charge in [0, 0.05) is 11.4 Å². The van der Waals surface area contributed by atoms with Crippen LogP contribution in [0.1, 0.15) is 13.3 Å². The van der Waals surface area contributed by atoms with Crippen LogP contribution < -0.4 is 4.72 Å². The highest BCUT2D eigenvalue weighted by atomic mass is 79.9. The van der Waals surface area contributed by atoms with E-state index >= 15 is 0 Å². The van der Waals surface area contributed by atoms with Crippen LogP contribution in [-0.4, -0.2) is 29.8 Å². The lowest BCUT2D eigenvalue weighted by atomic mass is 10.3. The molecule has 0 amide bonds. The molecule has 1 atom stereocenters. The molecule has 0 bridgehead atoms. The van der Waals surface area contributed by atoms with Gasteiger partial charge < -0.3 is 4.98 Å². The van der Waals surface area contributed by atoms with Crippen molar-refractivity contribution < 1.29 is 8.42 Å². The van der Waals surface area contributed by atoms with E-state index in [-0.39, 0.29) is 11.1 Å². The summed E-state index contributed by atoms with van der Waals surface area (Å²) in [5, 5.41) is 0.688. The van der Waals surface area contributed by atoms with Gasteiger partial charge in [-0.25, -0.2) is 18.1 Å². The molecule has 1 rings (SSSR count). The minimum absolute atomic E-state index is 0.0942. The number of aromatic nitrogens is 2. The number of imidazole rings is 1. The minimum atomic E-state index is -3.44. The molecule has 1 aromatic heterocycles. The summed E-state index contributed by atoms with van der Waals surface area (Å²) in [7, 11) is -3.44.